The molecule has 1 N–H and O–H groups in total. The lowest BCUT2D eigenvalue weighted by atomic mass is 10.1. The summed E-state index contributed by atoms with van der Waals surface area (Å²) in [5.41, 5.74) is 2.01. The predicted octanol–water partition coefficient (Wildman–Crippen LogP) is 4.18. The molecule has 1 atom stereocenters. The molecule has 0 saturated carbocycles. The van der Waals surface area contributed by atoms with Gasteiger partial charge in [-0.1, -0.05) is 6.92 Å². The number of hydrogen-bond acceptors (Lipinski definition) is 2. The summed E-state index contributed by atoms with van der Waals surface area (Å²) < 4.78 is 14.0. The standard InChI is InChI=1S/C15H22BrFN2/c1-3-19-7-4-5-12(6-8-19)18-15-10-13(16)14(17)9-11(15)2/h9-10,12,18H,3-8H2,1-2H3. The molecule has 0 radical (unpaired) electrons. The predicted molar refractivity (Wildman–Crippen MR) is 82.2 cm³/mol. The number of benzene rings is 1. The molecular weight excluding hydrogens is 307 g/mol. The Morgan fingerprint density at radius 2 is 2.16 bits per heavy atom. The van der Waals surface area contributed by atoms with E-state index in [-0.39, 0.29) is 5.82 Å². The van der Waals surface area contributed by atoms with E-state index in [0.29, 0.717) is 10.5 Å². The number of hydrogen-bond donors (Lipinski definition) is 1. The van der Waals surface area contributed by atoms with E-state index >= 15 is 0 Å². The van der Waals surface area contributed by atoms with Crippen LogP contribution < -0.4 is 5.32 Å². The molecule has 2 rings (SSSR count). The number of anilines is 1. The summed E-state index contributed by atoms with van der Waals surface area (Å²) in [7, 11) is 0. The molecule has 1 unspecified atom stereocenters. The Bertz CT molecular complexity index is 436. The van der Waals surface area contributed by atoms with Crippen LogP contribution in [0.4, 0.5) is 10.1 Å². The summed E-state index contributed by atoms with van der Waals surface area (Å²) in [6.45, 7) is 7.64. The van der Waals surface area contributed by atoms with Crippen LogP contribution in [0.25, 0.3) is 0 Å². The van der Waals surface area contributed by atoms with Crippen molar-refractivity contribution >= 4 is 21.6 Å². The van der Waals surface area contributed by atoms with Gasteiger partial charge in [0.1, 0.15) is 5.82 Å². The van der Waals surface area contributed by atoms with Crippen LogP contribution in [-0.2, 0) is 0 Å². The second kappa shape index (κ2) is 6.71. The number of nitrogens with one attached hydrogen (secondary N) is 1. The summed E-state index contributed by atoms with van der Waals surface area (Å²) in [6.07, 6.45) is 3.57. The van der Waals surface area contributed by atoms with E-state index in [1.807, 2.05) is 13.0 Å². The van der Waals surface area contributed by atoms with Gasteiger partial charge in [0, 0.05) is 18.3 Å². The molecule has 0 aromatic heterocycles. The minimum absolute atomic E-state index is 0.193. The molecule has 1 aromatic carbocycles. The van der Waals surface area contributed by atoms with Gasteiger partial charge >= 0.3 is 0 Å². The first-order valence-corrected chi connectivity index (χ1v) is 7.84. The van der Waals surface area contributed by atoms with Crippen LogP contribution in [0.5, 0.6) is 0 Å². The van der Waals surface area contributed by atoms with Crippen molar-refractivity contribution < 1.29 is 4.39 Å². The maximum absolute atomic E-state index is 13.4. The molecule has 0 bridgehead atoms. The average molecular weight is 329 g/mol. The van der Waals surface area contributed by atoms with Crippen molar-refractivity contribution in [3.8, 4) is 0 Å². The first-order valence-electron chi connectivity index (χ1n) is 7.04. The smallest absolute Gasteiger partial charge is 0.137 e. The van der Waals surface area contributed by atoms with Crippen molar-refractivity contribution in [1.82, 2.24) is 4.90 Å². The van der Waals surface area contributed by atoms with Crippen LogP contribution in [0.3, 0.4) is 0 Å². The summed E-state index contributed by atoms with van der Waals surface area (Å²) >= 11 is 3.26. The van der Waals surface area contributed by atoms with Crippen molar-refractivity contribution in [2.45, 2.75) is 39.2 Å². The number of nitrogens with zero attached hydrogens (tertiary/aromatic N) is 1. The minimum atomic E-state index is -0.193. The highest BCUT2D eigenvalue weighted by Crippen LogP contribution is 2.26. The van der Waals surface area contributed by atoms with Gasteiger partial charge < -0.3 is 10.2 Å². The number of aryl methyl sites for hydroxylation is 1. The third kappa shape index (κ3) is 3.93. The van der Waals surface area contributed by atoms with E-state index in [0.717, 1.165) is 30.8 Å². The van der Waals surface area contributed by atoms with Crippen LogP contribution in [0.15, 0.2) is 16.6 Å². The fourth-order valence-corrected chi connectivity index (χ4v) is 2.98. The Balaban J connectivity index is 2.03. The summed E-state index contributed by atoms with van der Waals surface area (Å²) in [4.78, 5) is 2.50. The monoisotopic (exact) mass is 328 g/mol. The lowest BCUT2D eigenvalue weighted by molar-refractivity contribution is 0.300. The summed E-state index contributed by atoms with van der Waals surface area (Å²) in [5.74, 6) is -0.193. The van der Waals surface area contributed by atoms with Crippen LogP contribution >= 0.6 is 15.9 Å². The topological polar surface area (TPSA) is 15.3 Å². The number of rotatable bonds is 3. The summed E-state index contributed by atoms with van der Waals surface area (Å²) in [6, 6.07) is 3.93. The van der Waals surface area contributed by atoms with Crippen LogP contribution in [0.1, 0.15) is 31.7 Å². The molecule has 2 nitrogen and oxygen atoms in total. The number of likely N-dealkylation sites (tertiary alicyclic amines) is 1. The molecule has 19 heavy (non-hydrogen) atoms. The van der Waals surface area contributed by atoms with E-state index in [9.17, 15) is 4.39 Å². The Hall–Kier alpha value is -0.610. The molecule has 1 saturated heterocycles. The highest BCUT2D eigenvalue weighted by atomic mass is 79.9. The first-order chi connectivity index (χ1) is 9.10. The van der Waals surface area contributed by atoms with Crippen molar-refractivity contribution in [2.75, 3.05) is 25.0 Å². The van der Waals surface area contributed by atoms with E-state index in [1.54, 1.807) is 6.07 Å². The van der Waals surface area contributed by atoms with Crippen molar-refractivity contribution in [2.24, 2.45) is 0 Å². The third-order valence-corrected chi connectivity index (χ3v) is 4.50. The molecule has 4 heteroatoms. The van der Waals surface area contributed by atoms with Crippen LogP contribution in [0, 0.1) is 12.7 Å². The van der Waals surface area contributed by atoms with E-state index < -0.39 is 0 Å². The van der Waals surface area contributed by atoms with Gasteiger partial charge in [-0.15, -0.1) is 0 Å². The van der Waals surface area contributed by atoms with Gasteiger partial charge in [-0.2, -0.15) is 0 Å². The zero-order valence-corrected chi connectivity index (χ0v) is 13.3. The zero-order chi connectivity index (χ0) is 13.8. The Morgan fingerprint density at radius 1 is 1.37 bits per heavy atom. The van der Waals surface area contributed by atoms with Gasteiger partial charge in [0.25, 0.3) is 0 Å². The lowest BCUT2D eigenvalue weighted by Gasteiger charge is -2.20. The first kappa shape index (κ1) is 14.8. The van der Waals surface area contributed by atoms with E-state index in [4.69, 9.17) is 0 Å². The normalized spacial score (nSPS) is 21.2. The van der Waals surface area contributed by atoms with E-state index in [1.165, 1.54) is 19.4 Å². The van der Waals surface area contributed by atoms with Gasteiger partial charge in [0.2, 0.25) is 0 Å². The van der Waals surface area contributed by atoms with Gasteiger partial charge in [0.05, 0.1) is 4.47 Å². The second-order valence-corrected chi connectivity index (χ2v) is 6.14. The Labute approximate surface area is 123 Å². The molecule has 1 aliphatic heterocycles. The quantitative estimate of drug-likeness (QED) is 0.895. The third-order valence-electron chi connectivity index (χ3n) is 3.89. The molecule has 0 amide bonds. The minimum Gasteiger partial charge on any atom is -0.382 e. The molecule has 1 fully saturated rings. The van der Waals surface area contributed by atoms with Crippen molar-refractivity contribution in [3.63, 3.8) is 0 Å². The summed E-state index contributed by atoms with van der Waals surface area (Å²) in [5, 5.41) is 3.58. The molecule has 1 aliphatic rings. The fraction of sp³-hybridized carbons (Fsp3) is 0.600. The van der Waals surface area contributed by atoms with Gasteiger partial charge in [-0.25, -0.2) is 4.39 Å². The van der Waals surface area contributed by atoms with Gasteiger partial charge in [-0.05, 0) is 72.9 Å². The molecule has 0 spiro atoms. The largest absolute Gasteiger partial charge is 0.382 e. The van der Waals surface area contributed by atoms with Crippen LogP contribution in [0.2, 0.25) is 0 Å². The fourth-order valence-electron chi connectivity index (χ4n) is 2.64. The molecule has 106 valence electrons. The maximum Gasteiger partial charge on any atom is 0.137 e. The van der Waals surface area contributed by atoms with Gasteiger partial charge in [0.15, 0.2) is 0 Å². The molecule has 1 aromatic rings. The molecule has 0 aliphatic carbocycles. The Morgan fingerprint density at radius 3 is 2.89 bits per heavy atom. The highest BCUT2D eigenvalue weighted by Gasteiger charge is 2.17. The van der Waals surface area contributed by atoms with E-state index in [2.05, 4.69) is 33.1 Å². The maximum atomic E-state index is 13.4. The van der Waals surface area contributed by atoms with Gasteiger partial charge in [-0.3, -0.25) is 0 Å². The zero-order valence-electron chi connectivity index (χ0n) is 11.7. The molecular formula is C15H22BrFN2. The van der Waals surface area contributed by atoms with Crippen molar-refractivity contribution in [3.05, 3.63) is 28.0 Å². The number of halogens is 2. The SMILES string of the molecule is CCN1CCCC(Nc2cc(Br)c(F)cc2C)CC1. The van der Waals surface area contributed by atoms with Crippen LogP contribution in [-0.4, -0.2) is 30.6 Å². The van der Waals surface area contributed by atoms with Crippen molar-refractivity contribution in [1.29, 1.82) is 0 Å². The second-order valence-electron chi connectivity index (χ2n) is 5.29. The lowest BCUT2D eigenvalue weighted by Crippen LogP contribution is -2.26. The Kier molecular flexibility index (Phi) is 5.22. The highest BCUT2D eigenvalue weighted by molar-refractivity contribution is 9.10. The average Bonchev–Trinajstić information content (AvgIpc) is 2.61. The molecule has 1 heterocycles.